The van der Waals surface area contributed by atoms with Crippen molar-refractivity contribution in [1.82, 2.24) is 4.90 Å². The van der Waals surface area contributed by atoms with Crippen LogP contribution < -0.4 is 0 Å². The van der Waals surface area contributed by atoms with Gasteiger partial charge in [0.05, 0.1) is 0 Å². The number of likely N-dealkylation sites (N-methyl/N-ethyl adjacent to an activating group) is 1. The fourth-order valence-corrected chi connectivity index (χ4v) is 4.22. The van der Waals surface area contributed by atoms with Crippen molar-refractivity contribution in [1.29, 1.82) is 0 Å². The molecule has 1 aliphatic heterocycles. The smallest absolute Gasteiger partial charge is 0.0190 e. The zero-order chi connectivity index (χ0) is 12.8. The second-order valence-corrected chi connectivity index (χ2v) is 6.45. The molecule has 1 aliphatic carbocycles. The molecule has 2 fully saturated rings. The van der Waals surface area contributed by atoms with E-state index in [1.54, 1.807) is 5.56 Å². The minimum absolute atomic E-state index is 0.464. The summed E-state index contributed by atoms with van der Waals surface area (Å²) in [6.07, 6.45) is 6.98. The third-order valence-electron chi connectivity index (χ3n) is 5.51. The molecule has 0 aromatic heterocycles. The molecule has 0 N–H and O–H groups in total. The summed E-state index contributed by atoms with van der Waals surface area (Å²) in [6, 6.07) is 7.98. The maximum atomic E-state index is 2.61. The Hall–Kier alpha value is -0.820. The molecule has 0 radical (unpaired) electrons. The van der Waals surface area contributed by atoms with Crippen LogP contribution in [0.2, 0.25) is 0 Å². The Morgan fingerprint density at radius 1 is 1.11 bits per heavy atom. The van der Waals surface area contributed by atoms with Gasteiger partial charge in [0.15, 0.2) is 0 Å². The average molecular weight is 243 g/mol. The number of fused-ring (bicyclic) bond motifs is 1. The molecule has 1 saturated heterocycles. The molecule has 1 heterocycles. The predicted molar refractivity (Wildman–Crippen MR) is 77.1 cm³/mol. The molecule has 2 aliphatic rings. The van der Waals surface area contributed by atoms with Crippen LogP contribution in [0.4, 0.5) is 0 Å². The molecule has 3 rings (SSSR count). The number of benzene rings is 1. The van der Waals surface area contributed by atoms with Crippen LogP contribution in [0, 0.1) is 13.8 Å². The van der Waals surface area contributed by atoms with Gasteiger partial charge in [0, 0.05) is 11.5 Å². The third-order valence-corrected chi connectivity index (χ3v) is 5.51. The van der Waals surface area contributed by atoms with E-state index in [2.05, 4.69) is 44.0 Å². The van der Waals surface area contributed by atoms with Gasteiger partial charge in [-0.25, -0.2) is 0 Å². The zero-order valence-corrected chi connectivity index (χ0v) is 12.0. The second kappa shape index (κ2) is 4.38. The van der Waals surface area contributed by atoms with E-state index < -0.39 is 0 Å². The van der Waals surface area contributed by atoms with Crippen molar-refractivity contribution in [2.45, 2.75) is 57.4 Å². The topological polar surface area (TPSA) is 3.24 Å². The Labute approximate surface area is 111 Å². The predicted octanol–water partition coefficient (Wildman–Crippen LogP) is 3.82. The Kier molecular flexibility index (Phi) is 2.97. The van der Waals surface area contributed by atoms with Gasteiger partial charge in [-0.1, -0.05) is 31.0 Å². The summed E-state index contributed by atoms with van der Waals surface area (Å²) >= 11 is 0. The Morgan fingerprint density at radius 3 is 2.72 bits per heavy atom. The van der Waals surface area contributed by atoms with Crippen LogP contribution in [0.25, 0.3) is 0 Å². The van der Waals surface area contributed by atoms with Gasteiger partial charge in [0.25, 0.3) is 0 Å². The van der Waals surface area contributed by atoms with Crippen molar-refractivity contribution in [2.24, 2.45) is 0 Å². The monoisotopic (exact) mass is 243 g/mol. The highest BCUT2D eigenvalue weighted by molar-refractivity contribution is 5.37. The molecule has 0 spiro atoms. The van der Waals surface area contributed by atoms with Crippen molar-refractivity contribution in [3.8, 4) is 0 Å². The van der Waals surface area contributed by atoms with Gasteiger partial charge in [-0.15, -0.1) is 0 Å². The lowest BCUT2D eigenvalue weighted by Gasteiger charge is -2.42. The second-order valence-electron chi connectivity index (χ2n) is 6.45. The Bertz CT molecular complexity index is 447. The van der Waals surface area contributed by atoms with Gasteiger partial charge >= 0.3 is 0 Å². The lowest BCUT2D eigenvalue weighted by atomic mass is 9.66. The number of likely N-dealkylation sites (tertiary alicyclic amines) is 1. The van der Waals surface area contributed by atoms with E-state index in [1.807, 2.05) is 0 Å². The third kappa shape index (κ3) is 1.72. The lowest BCUT2D eigenvalue weighted by Crippen LogP contribution is -2.43. The molecule has 0 bridgehead atoms. The molecule has 1 nitrogen and oxygen atoms in total. The first-order chi connectivity index (χ1) is 8.63. The fourth-order valence-electron chi connectivity index (χ4n) is 4.22. The highest BCUT2D eigenvalue weighted by atomic mass is 15.2. The summed E-state index contributed by atoms with van der Waals surface area (Å²) in [6.45, 7) is 5.75. The van der Waals surface area contributed by atoms with Crippen molar-refractivity contribution in [2.75, 3.05) is 13.6 Å². The van der Waals surface area contributed by atoms with E-state index >= 15 is 0 Å². The van der Waals surface area contributed by atoms with Crippen LogP contribution in [0.1, 0.15) is 48.8 Å². The summed E-state index contributed by atoms with van der Waals surface area (Å²) in [5.41, 5.74) is 4.96. The number of rotatable bonds is 1. The van der Waals surface area contributed by atoms with Crippen LogP contribution in [0.15, 0.2) is 18.2 Å². The number of aryl methyl sites for hydroxylation is 2. The molecule has 98 valence electrons. The summed E-state index contributed by atoms with van der Waals surface area (Å²) in [5, 5.41) is 0. The maximum absolute atomic E-state index is 2.61. The van der Waals surface area contributed by atoms with Crippen LogP contribution in [-0.2, 0) is 5.41 Å². The van der Waals surface area contributed by atoms with Crippen molar-refractivity contribution in [3.63, 3.8) is 0 Å². The quantitative estimate of drug-likeness (QED) is 0.725. The Balaban J connectivity index is 2.04. The molecule has 1 saturated carbocycles. The molecule has 18 heavy (non-hydrogen) atoms. The number of hydrogen-bond acceptors (Lipinski definition) is 1. The largest absolute Gasteiger partial charge is 0.302 e. The molecule has 0 amide bonds. The van der Waals surface area contributed by atoms with Crippen molar-refractivity contribution in [3.05, 3.63) is 34.9 Å². The first-order valence-corrected chi connectivity index (χ1v) is 7.41. The zero-order valence-electron chi connectivity index (χ0n) is 12.0. The first kappa shape index (κ1) is 12.2. The summed E-state index contributed by atoms with van der Waals surface area (Å²) in [4.78, 5) is 2.61. The van der Waals surface area contributed by atoms with E-state index in [1.165, 1.54) is 49.8 Å². The number of nitrogens with zero attached hydrogens (tertiary/aromatic N) is 1. The van der Waals surface area contributed by atoms with E-state index in [9.17, 15) is 0 Å². The highest BCUT2D eigenvalue weighted by Crippen LogP contribution is 2.48. The van der Waals surface area contributed by atoms with Crippen molar-refractivity contribution >= 4 is 0 Å². The lowest BCUT2D eigenvalue weighted by molar-refractivity contribution is 0.182. The van der Waals surface area contributed by atoms with Gasteiger partial charge in [0.2, 0.25) is 0 Å². The van der Waals surface area contributed by atoms with Gasteiger partial charge in [-0.05, 0) is 63.4 Å². The summed E-state index contributed by atoms with van der Waals surface area (Å²) < 4.78 is 0. The maximum Gasteiger partial charge on any atom is 0.0190 e. The minimum Gasteiger partial charge on any atom is -0.302 e. The molecular formula is C17H25N. The van der Waals surface area contributed by atoms with E-state index in [0.29, 0.717) is 5.41 Å². The number of hydrogen-bond donors (Lipinski definition) is 0. The van der Waals surface area contributed by atoms with Crippen LogP contribution in [0.5, 0.6) is 0 Å². The standard InChI is InChI=1S/C17H25N/c1-13-7-8-15(12-14(13)2)17-9-5-4-6-16(17)18(3)11-10-17/h7-8,12,16H,4-6,9-11H2,1-3H3. The Morgan fingerprint density at radius 2 is 1.94 bits per heavy atom. The van der Waals surface area contributed by atoms with Crippen molar-refractivity contribution < 1.29 is 0 Å². The normalized spacial score (nSPS) is 32.5. The molecule has 2 unspecified atom stereocenters. The SMILES string of the molecule is Cc1ccc(C23CCCCC2N(C)CC3)cc1C. The van der Waals surface area contributed by atoms with Crippen LogP contribution in [0.3, 0.4) is 0 Å². The van der Waals surface area contributed by atoms with Gasteiger partial charge in [0.1, 0.15) is 0 Å². The first-order valence-electron chi connectivity index (χ1n) is 7.41. The van der Waals surface area contributed by atoms with Gasteiger partial charge in [-0.3, -0.25) is 0 Å². The van der Waals surface area contributed by atoms with Gasteiger partial charge < -0.3 is 4.90 Å². The molecule has 1 heteroatoms. The molecule has 1 aromatic rings. The summed E-state index contributed by atoms with van der Waals surface area (Å²) in [7, 11) is 2.32. The molecular weight excluding hydrogens is 218 g/mol. The van der Waals surface area contributed by atoms with E-state index in [0.717, 1.165) is 6.04 Å². The highest BCUT2D eigenvalue weighted by Gasteiger charge is 2.47. The average Bonchev–Trinajstić information content (AvgIpc) is 2.72. The minimum atomic E-state index is 0.464. The fraction of sp³-hybridized carbons (Fsp3) is 0.647. The van der Waals surface area contributed by atoms with E-state index in [4.69, 9.17) is 0 Å². The van der Waals surface area contributed by atoms with Crippen LogP contribution in [-0.4, -0.2) is 24.5 Å². The van der Waals surface area contributed by atoms with Crippen LogP contribution >= 0.6 is 0 Å². The summed E-state index contributed by atoms with van der Waals surface area (Å²) in [5.74, 6) is 0. The molecule has 1 aromatic carbocycles. The van der Waals surface area contributed by atoms with Gasteiger partial charge in [-0.2, -0.15) is 0 Å². The molecule has 2 atom stereocenters. The van der Waals surface area contributed by atoms with E-state index in [-0.39, 0.29) is 0 Å².